The number of carbonyl (C=O) groups is 1. The van der Waals surface area contributed by atoms with Gasteiger partial charge in [-0.3, -0.25) is 14.9 Å². The third kappa shape index (κ3) is 2.42. The second-order valence-corrected chi connectivity index (χ2v) is 7.40. The van der Waals surface area contributed by atoms with E-state index in [1.807, 2.05) is 0 Å². The maximum absolute atomic E-state index is 12.3. The maximum atomic E-state index is 12.3. The second-order valence-electron chi connectivity index (χ2n) is 7.40. The predicted molar refractivity (Wildman–Crippen MR) is 87.2 cm³/mol. The number of benzene rings is 1. The molecule has 1 aromatic rings. The van der Waals surface area contributed by atoms with Gasteiger partial charge in [0.2, 0.25) is 0 Å². The van der Waals surface area contributed by atoms with Gasteiger partial charge in [0, 0.05) is 16.9 Å². The average Bonchev–Trinajstić information content (AvgIpc) is 2.97. The number of hydrazone groups is 1. The zero-order valence-electron chi connectivity index (χ0n) is 13.6. The highest BCUT2D eigenvalue weighted by Gasteiger charge is 2.57. The van der Waals surface area contributed by atoms with Crippen molar-refractivity contribution in [2.24, 2.45) is 21.8 Å². The van der Waals surface area contributed by atoms with Crippen molar-refractivity contribution in [3.63, 3.8) is 0 Å². The molecule has 2 fully saturated rings. The van der Waals surface area contributed by atoms with Gasteiger partial charge in [-0.2, -0.15) is 5.10 Å². The van der Waals surface area contributed by atoms with Gasteiger partial charge in [-0.05, 0) is 31.2 Å². The minimum absolute atomic E-state index is 0.0318. The number of amides is 1. The number of nitro groups is 1. The van der Waals surface area contributed by atoms with Gasteiger partial charge in [-0.15, -0.1) is 0 Å². The van der Waals surface area contributed by atoms with Gasteiger partial charge in [0.15, 0.2) is 0 Å². The Balaban J connectivity index is 1.86. The fourth-order valence-corrected chi connectivity index (χ4v) is 4.31. The predicted octanol–water partition coefficient (Wildman–Crippen LogP) is 3.53. The summed E-state index contributed by atoms with van der Waals surface area (Å²) in [5.41, 5.74) is 3.38. The monoisotopic (exact) mass is 315 g/mol. The molecule has 122 valence electrons. The van der Waals surface area contributed by atoms with Gasteiger partial charge in [-0.1, -0.05) is 32.9 Å². The van der Waals surface area contributed by atoms with Crippen molar-refractivity contribution in [1.82, 2.24) is 5.43 Å². The van der Waals surface area contributed by atoms with Crippen molar-refractivity contribution in [1.29, 1.82) is 0 Å². The Bertz CT molecular complexity index is 704. The third-order valence-corrected chi connectivity index (χ3v) is 5.56. The molecular formula is C17H21N3O3. The minimum Gasteiger partial charge on any atom is -0.267 e. The topological polar surface area (TPSA) is 84.6 Å². The quantitative estimate of drug-likeness (QED) is 0.684. The molecule has 3 rings (SSSR count). The van der Waals surface area contributed by atoms with E-state index in [1.165, 1.54) is 18.6 Å². The van der Waals surface area contributed by atoms with Crippen LogP contribution >= 0.6 is 0 Å². The zero-order valence-corrected chi connectivity index (χ0v) is 13.6. The van der Waals surface area contributed by atoms with Gasteiger partial charge >= 0.3 is 0 Å². The van der Waals surface area contributed by atoms with E-state index < -0.39 is 10.8 Å². The van der Waals surface area contributed by atoms with E-state index in [9.17, 15) is 14.9 Å². The van der Waals surface area contributed by atoms with E-state index in [-0.39, 0.29) is 22.1 Å². The number of rotatable bonds is 3. The largest absolute Gasteiger partial charge is 0.282 e. The van der Waals surface area contributed by atoms with Crippen molar-refractivity contribution >= 4 is 17.3 Å². The highest BCUT2D eigenvalue weighted by atomic mass is 16.6. The first-order valence-electron chi connectivity index (χ1n) is 7.88. The van der Waals surface area contributed by atoms with Crippen molar-refractivity contribution in [2.45, 2.75) is 40.0 Å². The molecule has 0 radical (unpaired) electrons. The van der Waals surface area contributed by atoms with Crippen LogP contribution in [-0.2, 0) is 0 Å². The summed E-state index contributed by atoms with van der Waals surface area (Å²) < 4.78 is 0. The maximum Gasteiger partial charge on any atom is 0.282 e. The van der Waals surface area contributed by atoms with E-state index >= 15 is 0 Å². The number of hydrogen-bond acceptors (Lipinski definition) is 4. The summed E-state index contributed by atoms with van der Waals surface area (Å²) in [5.74, 6) is 0.0567. The van der Waals surface area contributed by atoms with Gasteiger partial charge < -0.3 is 0 Å². The Morgan fingerprint density at radius 3 is 2.65 bits per heavy atom. The second kappa shape index (κ2) is 5.15. The van der Waals surface area contributed by atoms with E-state index in [1.54, 1.807) is 12.1 Å². The van der Waals surface area contributed by atoms with Gasteiger partial charge in [0.25, 0.3) is 11.6 Å². The van der Waals surface area contributed by atoms with Crippen LogP contribution in [0.5, 0.6) is 0 Å². The van der Waals surface area contributed by atoms with Crippen LogP contribution in [0.15, 0.2) is 29.4 Å². The van der Waals surface area contributed by atoms with Crippen molar-refractivity contribution in [3.8, 4) is 0 Å². The summed E-state index contributed by atoms with van der Waals surface area (Å²) in [7, 11) is 0. The number of carbonyl (C=O) groups excluding carboxylic acids is 1. The van der Waals surface area contributed by atoms with E-state index in [4.69, 9.17) is 0 Å². The first kappa shape index (κ1) is 15.6. The van der Waals surface area contributed by atoms with Crippen LogP contribution in [0.2, 0.25) is 0 Å². The summed E-state index contributed by atoms with van der Waals surface area (Å²) in [5, 5.41) is 15.4. The van der Waals surface area contributed by atoms with E-state index in [2.05, 4.69) is 31.3 Å². The van der Waals surface area contributed by atoms with Gasteiger partial charge in [-0.25, -0.2) is 5.43 Å². The fraction of sp³-hybridized carbons (Fsp3) is 0.529. The van der Waals surface area contributed by atoms with Crippen LogP contribution in [0, 0.1) is 26.9 Å². The lowest BCUT2D eigenvalue weighted by molar-refractivity contribution is -0.385. The number of nitrogens with one attached hydrogen (secondary N) is 1. The summed E-state index contributed by atoms with van der Waals surface area (Å²) >= 11 is 0. The van der Waals surface area contributed by atoms with E-state index in [0.29, 0.717) is 5.92 Å². The highest BCUT2D eigenvalue weighted by Crippen LogP contribution is 2.60. The standard InChI is InChI=1S/C17H21N3O3/c1-16(2)11-8-9-17(3,10-11)15(16)19-18-14(21)12-6-4-5-7-13(12)20(22)23/h4-7,11H,8-10H2,1-3H3,(H,18,21)/b19-15-/t11-,17-/m1/s1. The lowest BCUT2D eigenvalue weighted by Gasteiger charge is -2.35. The van der Waals surface area contributed by atoms with Gasteiger partial charge in [0.1, 0.15) is 5.56 Å². The van der Waals surface area contributed by atoms with Crippen LogP contribution in [-0.4, -0.2) is 16.5 Å². The summed E-state index contributed by atoms with van der Waals surface area (Å²) in [6.07, 6.45) is 3.38. The lowest BCUT2D eigenvalue weighted by atomic mass is 9.71. The van der Waals surface area contributed by atoms with Crippen molar-refractivity contribution in [3.05, 3.63) is 39.9 Å². The number of nitrogens with zero attached hydrogens (tertiary/aromatic N) is 2. The normalized spacial score (nSPS) is 29.7. The molecule has 2 aliphatic carbocycles. The molecule has 1 N–H and O–H groups in total. The highest BCUT2D eigenvalue weighted by molar-refractivity contribution is 6.01. The SMILES string of the molecule is CC1(C)/C(=N/NC(=O)c2ccccc2[N+](=O)[O-])[C@]2(C)CC[C@@H]1C2. The van der Waals surface area contributed by atoms with Crippen LogP contribution in [0.25, 0.3) is 0 Å². The minimum atomic E-state index is -0.551. The van der Waals surface area contributed by atoms with Crippen LogP contribution in [0.4, 0.5) is 5.69 Å². The molecule has 0 aromatic heterocycles. The Hall–Kier alpha value is -2.24. The first-order chi connectivity index (χ1) is 10.8. The molecule has 2 aliphatic rings. The van der Waals surface area contributed by atoms with Crippen LogP contribution < -0.4 is 5.43 Å². The summed E-state index contributed by atoms with van der Waals surface area (Å²) in [6.45, 7) is 6.52. The molecule has 2 atom stereocenters. The molecule has 0 aliphatic heterocycles. The van der Waals surface area contributed by atoms with Gasteiger partial charge in [0.05, 0.1) is 10.6 Å². The lowest BCUT2D eigenvalue weighted by Crippen LogP contribution is -2.38. The zero-order chi connectivity index (χ0) is 16.8. The molecule has 0 spiro atoms. The number of para-hydroxylation sites is 1. The first-order valence-corrected chi connectivity index (χ1v) is 7.88. The van der Waals surface area contributed by atoms with E-state index in [0.717, 1.165) is 18.6 Å². The van der Waals surface area contributed by atoms with Crippen molar-refractivity contribution < 1.29 is 9.72 Å². The van der Waals surface area contributed by atoms with Crippen LogP contribution in [0.1, 0.15) is 50.4 Å². The Morgan fingerprint density at radius 2 is 2.04 bits per heavy atom. The summed E-state index contributed by atoms with van der Waals surface area (Å²) in [6, 6.07) is 5.92. The van der Waals surface area contributed by atoms with Crippen LogP contribution in [0.3, 0.4) is 0 Å². The molecule has 6 nitrogen and oxygen atoms in total. The molecule has 1 amide bonds. The Kier molecular flexibility index (Phi) is 3.50. The number of hydrogen-bond donors (Lipinski definition) is 1. The molecular weight excluding hydrogens is 294 g/mol. The Labute approximate surface area is 135 Å². The summed E-state index contributed by atoms with van der Waals surface area (Å²) in [4.78, 5) is 22.8. The van der Waals surface area contributed by atoms with Crippen molar-refractivity contribution in [2.75, 3.05) is 0 Å². The average molecular weight is 315 g/mol. The fourth-order valence-electron chi connectivity index (χ4n) is 4.31. The molecule has 1 aromatic carbocycles. The third-order valence-electron chi connectivity index (χ3n) is 5.56. The molecule has 2 saturated carbocycles. The molecule has 6 heteroatoms. The molecule has 0 unspecified atom stereocenters. The Morgan fingerprint density at radius 1 is 1.35 bits per heavy atom. The molecule has 2 bridgehead atoms. The molecule has 0 saturated heterocycles. The smallest absolute Gasteiger partial charge is 0.267 e. The number of fused-ring (bicyclic) bond motifs is 2. The molecule has 0 heterocycles. The molecule has 23 heavy (non-hydrogen) atoms. The number of nitro benzene ring substituents is 1.